The lowest BCUT2D eigenvalue weighted by atomic mass is 9.98. The first-order valence-corrected chi connectivity index (χ1v) is 7.75. The van der Waals surface area contributed by atoms with Crippen molar-refractivity contribution >= 4 is 0 Å². The van der Waals surface area contributed by atoms with Gasteiger partial charge in [-0.3, -0.25) is 4.90 Å². The van der Waals surface area contributed by atoms with Crippen molar-refractivity contribution in [3.63, 3.8) is 0 Å². The standard InChI is InChI=1S/C19H24N2/c1-14-9-15(2)11-18(10-14)19(20)13-21-8-7-16-5-3-4-6-17(16)12-21/h3-6,9-11,19H,7-8,12-13,20H2,1-2H3. The van der Waals surface area contributed by atoms with Gasteiger partial charge in [-0.15, -0.1) is 0 Å². The van der Waals surface area contributed by atoms with Gasteiger partial charge in [-0.1, -0.05) is 53.6 Å². The smallest absolute Gasteiger partial charge is 0.0424 e. The summed E-state index contributed by atoms with van der Waals surface area (Å²) in [7, 11) is 0. The van der Waals surface area contributed by atoms with Gasteiger partial charge in [0.2, 0.25) is 0 Å². The first-order valence-electron chi connectivity index (χ1n) is 7.75. The van der Waals surface area contributed by atoms with Crippen molar-refractivity contribution in [2.45, 2.75) is 32.9 Å². The van der Waals surface area contributed by atoms with Crippen LogP contribution < -0.4 is 5.73 Å². The predicted molar refractivity (Wildman–Crippen MR) is 88.3 cm³/mol. The van der Waals surface area contributed by atoms with Crippen LogP contribution in [0.25, 0.3) is 0 Å². The van der Waals surface area contributed by atoms with Gasteiger partial charge in [0.1, 0.15) is 0 Å². The molecule has 1 heterocycles. The van der Waals surface area contributed by atoms with Gasteiger partial charge in [0.15, 0.2) is 0 Å². The molecule has 1 unspecified atom stereocenters. The summed E-state index contributed by atoms with van der Waals surface area (Å²) in [5, 5.41) is 0. The molecule has 110 valence electrons. The maximum atomic E-state index is 6.44. The highest BCUT2D eigenvalue weighted by atomic mass is 15.1. The number of hydrogen-bond acceptors (Lipinski definition) is 2. The Labute approximate surface area is 127 Å². The lowest BCUT2D eigenvalue weighted by Gasteiger charge is -2.31. The molecule has 0 radical (unpaired) electrons. The minimum absolute atomic E-state index is 0.0915. The van der Waals surface area contributed by atoms with Gasteiger partial charge in [-0.05, 0) is 37.0 Å². The van der Waals surface area contributed by atoms with Gasteiger partial charge in [0, 0.05) is 25.7 Å². The number of benzene rings is 2. The number of nitrogens with zero attached hydrogens (tertiary/aromatic N) is 1. The molecule has 2 aromatic carbocycles. The molecule has 0 aromatic heterocycles. The highest BCUT2D eigenvalue weighted by molar-refractivity contribution is 5.31. The van der Waals surface area contributed by atoms with Gasteiger partial charge < -0.3 is 5.73 Å². The predicted octanol–water partition coefficient (Wildman–Crippen LogP) is 3.36. The number of aryl methyl sites for hydroxylation is 2. The maximum Gasteiger partial charge on any atom is 0.0424 e. The zero-order valence-electron chi connectivity index (χ0n) is 13.0. The van der Waals surface area contributed by atoms with E-state index < -0.39 is 0 Å². The fourth-order valence-corrected chi connectivity index (χ4v) is 3.32. The Bertz CT molecular complexity index is 613. The Morgan fingerprint density at radius 1 is 1.05 bits per heavy atom. The second-order valence-corrected chi connectivity index (χ2v) is 6.28. The quantitative estimate of drug-likeness (QED) is 0.934. The second-order valence-electron chi connectivity index (χ2n) is 6.28. The minimum atomic E-state index is 0.0915. The molecule has 2 N–H and O–H groups in total. The van der Waals surface area contributed by atoms with Crippen LogP contribution in [0.4, 0.5) is 0 Å². The third kappa shape index (κ3) is 3.34. The van der Waals surface area contributed by atoms with Gasteiger partial charge in [-0.2, -0.15) is 0 Å². The molecule has 2 heteroatoms. The average molecular weight is 280 g/mol. The zero-order chi connectivity index (χ0) is 14.8. The van der Waals surface area contributed by atoms with Crippen LogP contribution in [0.3, 0.4) is 0 Å². The Hall–Kier alpha value is -1.64. The summed E-state index contributed by atoms with van der Waals surface area (Å²) in [4.78, 5) is 2.48. The van der Waals surface area contributed by atoms with E-state index in [1.807, 2.05) is 0 Å². The molecule has 3 rings (SSSR count). The first kappa shape index (κ1) is 14.3. The van der Waals surface area contributed by atoms with E-state index in [0.29, 0.717) is 0 Å². The highest BCUT2D eigenvalue weighted by Crippen LogP contribution is 2.22. The van der Waals surface area contributed by atoms with Crippen LogP contribution >= 0.6 is 0 Å². The average Bonchev–Trinajstić information content (AvgIpc) is 2.46. The third-order valence-electron chi connectivity index (χ3n) is 4.34. The largest absolute Gasteiger partial charge is 0.323 e. The Balaban J connectivity index is 1.70. The highest BCUT2D eigenvalue weighted by Gasteiger charge is 2.18. The fraction of sp³-hybridized carbons (Fsp3) is 0.368. The molecule has 0 aliphatic carbocycles. The van der Waals surface area contributed by atoms with Crippen molar-refractivity contribution in [2.24, 2.45) is 5.73 Å². The Morgan fingerprint density at radius 2 is 1.71 bits per heavy atom. The number of fused-ring (bicyclic) bond motifs is 1. The molecule has 21 heavy (non-hydrogen) atoms. The molecule has 2 nitrogen and oxygen atoms in total. The van der Waals surface area contributed by atoms with Crippen LogP contribution in [0.2, 0.25) is 0 Å². The van der Waals surface area contributed by atoms with Crippen molar-refractivity contribution in [3.05, 3.63) is 70.3 Å². The van der Waals surface area contributed by atoms with E-state index in [9.17, 15) is 0 Å². The van der Waals surface area contributed by atoms with E-state index in [-0.39, 0.29) is 6.04 Å². The van der Waals surface area contributed by atoms with Gasteiger partial charge in [0.05, 0.1) is 0 Å². The number of rotatable bonds is 3. The van der Waals surface area contributed by atoms with Gasteiger partial charge >= 0.3 is 0 Å². The summed E-state index contributed by atoms with van der Waals surface area (Å²) < 4.78 is 0. The van der Waals surface area contributed by atoms with Crippen molar-refractivity contribution < 1.29 is 0 Å². The van der Waals surface area contributed by atoms with Gasteiger partial charge in [0.25, 0.3) is 0 Å². The molecule has 0 saturated heterocycles. The third-order valence-corrected chi connectivity index (χ3v) is 4.34. The van der Waals surface area contributed by atoms with E-state index in [1.54, 1.807) is 0 Å². The van der Waals surface area contributed by atoms with Crippen molar-refractivity contribution in [1.29, 1.82) is 0 Å². The molecular formula is C19H24N2. The maximum absolute atomic E-state index is 6.44. The molecule has 0 fully saturated rings. The van der Waals surface area contributed by atoms with E-state index in [0.717, 1.165) is 26.1 Å². The normalized spacial score (nSPS) is 16.5. The Morgan fingerprint density at radius 3 is 2.43 bits per heavy atom. The molecule has 2 aromatic rings. The summed E-state index contributed by atoms with van der Waals surface area (Å²) in [6.07, 6.45) is 1.13. The van der Waals surface area contributed by atoms with E-state index in [2.05, 4.69) is 61.2 Å². The summed E-state index contributed by atoms with van der Waals surface area (Å²) in [6, 6.07) is 15.5. The van der Waals surface area contributed by atoms with Crippen molar-refractivity contribution in [1.82, 2.24) is 4.90 Å². The Kier molecular flexibility index (Phi) is 4.09. The zero-order valence-corrected chi connectivity index (χ0v) is 13.0. The van der Waals surface area contributed by atoms with Crippen LogP contribution in [-0.2, 0) is 13.0 Å². The van der Waals surface area contributed by atoms with Crippen LogP contribution in [-0.4, -0.2) is 18.0 Å². The number of hydrogen-bond donors (Lipinski definition) is 1. The van der Waals surface area contributed by atoms with Crippen LogP contribution in [0.15, 0.2) is 42.5 Å². The summed E-state index contributed by atoms with van der Waals surface area (Å²) in [6.45, 7) is 7.34. The molecule has 1 aliphatic rings. The van der Waals surface area contributed by atoms with E-state index >= 15 is 0 Å². The molecule has 0 saturated carbocycles. The molecule has 0 amide bonds. The van der Waals surface area contributed by atoms with E-state index in [4.69, 9.17) is 5.73 Å². The van der Waals surface area contributed by atoms with Crippen LogP contribution in [0, 0.1) is 13.8 Å². The van der Waals surface area contributed by atoms with Crippen LogP contribution in [0.1, 0.15) is 33.9 Å². The summed E-state index contributed by atoms with van der Waals surface area (Å²) in [5.74, 6) is 0. The molecule has 0 spiro atoms. The van der Waals surface area contributed by atoms with Crippen molar-refractivity contribution in [2.75, 3.05) is 13.1 Å². The number of nitrogens with two attached hydrogens (primary N) is 1. The SMILES string of the molecule is Cc1cc(C)cc(C(N)CN2CCc3ccccc3C2)c1. The minimum Gasteiger partial charge on any atom is -0.323 e. The summed E-state index contributed by atoms with van der Waals surface area (Å²) in [5.41, 5.74) is 13.2. The molecule has 1 aliphatic heterocycles. The second kappa shape index (κ2) is 6.00. The fourth-order valence-electron chi connectivity index (χ4n) is 3.32. The monoisotopic (exact) mass is 280 g/mol. The lowest BCUT2D eigenvalue weighted by Crippen LogP contribution is -2.36. The van der Waals surface area contributed by atoms with E-state index in [1.165, 1.54) is 27.8 Å². The first-order chi connectivity index (χ1) is 10.1. The molecule has 0 bridgehead atoms. The lowest BCUT2D eigenvalue weighted by molar-refractivity contribution is 0.239. The topological polar surface area (TPSA) is 29.3 Å². The molecule has 1 atom stereocenters. The van der Waals surface area contributed by atoms with Crippen LogP contribution in [0.5, 0.6) is 0 Å². The summed E-state index contributed by atoms with van der Waals surface area (Å²) >= 11 is 0. The van der Waals surface area contributed by atoms with Crippen molar-refractivity contribution in [3.8, 4) is 0 Å². The van der Waals surface area contributed by atoms with Gasteiger partial charge in [-0.25, -0.2) is 0 Å². The molecular weight excluding hydrogens is 256 g/mol.